The Balaban J connectivity index is 1.56. The first-order valence-electron chi connectivity index (χ1n) is 9.52. The van der Waals surface area contributed by atoms with E-state index in [1.807, 2.05) is 30.3 Å². The van der Waals surface area contributed by atoms with Gasteiger partial charge in [0.25, 0.3) is 5.91 Å². The highest BCUT2D eigenvalue weighted by molar-refractivity contribution is 5.95. The lowest BCUT2D eigenvalue weighted by Gasteiger charge is -2.36. The van der Waals surface area contributed by atoms with Gasteiger partial charge in [0.1, 0.15) is 12.4 Å². The molecule has 3 rings (SSSR count). The standard InChI is InChI=1S/C23H24N2O4/c24-21(26)19-10-4-5-11-20(19)29-15-7-6-14-25-22(27)23(12-16-28-17-13-23)18-8-2-1-3-9-18/h1-5,8-11H,12-17H2,(H2,24,26)(H,25,27). The van der Waals surface area contributed by atoms with E-state index in [0.29, 0.717) is 37.4 Å². The zero-order valence-corrected chi connectivity index (χ0v) is 16.1. The fourth-order valence-electron chi connectivity index (χ4n) is 3.44. The molecular weight excluding hydrogens is 368 g/mol. The van der Waals surface area contributed by atoms with Crippen molar-refractivity contribution in [2.75, 3.05) is 26.4 Å². The molecule has 1 heterocycles. The fourth-order valence-corrected chi connectivity index (χ4v) is 3.44. The number of carbonyl (C=O) groups excluding carboxylic acids is 2. The van der Waals surface area contributed by atoms with Crippen molar-refractivity contribution in [1.82, 2.24) is 5.32 Å². The Morgan fingerprint density at radius 2 is 1.72 bits per heavy atom. The van der Waals surface area contributed by atoms with Gasteiger partial charge in [-0.2, -0.15) is 0 Å². The van der Waals surface area contributed by atoms with Crippen molar-refractivity contribution in [1.29, 1.82) is 0 Å². The van der Waals surface area contributed by atoms with Crippen LogP contribution in [-0.4, -0.2) is 38.2 Å². The van der Waals surface area contributed by atoms with Crippen molar-refractivity contribution in [2.24, 2.45) is 5.73 Å². The monoisotopic (exact) mass is 392 g/mol. The van der Waals surface area contributed by atoms with E-state index < -0.39 is 11.3 Å². The molecule has 0 bridgehead atoms. The molecule has 6 heteroatoms. The number of hydrogen-bond donors (Lipinski definition) is 2. The van der Waals surface area contributed by atoms with Crippen molar-refractivity contribution >= 4 is 11.8 Å². The Kier molecular flexibility index (Phi) is 6.88. The van der Waals surface area contributed by atoms with Gasteiger partial charge in [0.2, 0.25) is 5.91 Å². The van der Waals surface area contributed by atoms with Crippen LogP contribution in [0.3, 0.4) is 0 Å². The summed E-state index contributed by atoms with van der Waals surface area (Å²) in [5.41, 5.74) is 6.05. The van der Waals surface area contributed by atoms with Crippen LogP contribution in [0.1, 0.15) is 28.8 Å². The van der Waals surface area contributed by atoms with E-state index in [1.165, 1.54) is 0 Å². The maximum Gasteiger partial charge on any atom is 0.252 e. The van der Waals surface area contributed by atoms with Gasteiger partial charge in [0, 0.05) is 13.2 Å². The summed E-state index contributed by atoms with van der Waals surface area (Å²) in [6.45, 7) is 1.43. The van der Waals surface area contributed by atoms with Gasteiger partial charge < -0.3 is 20.5 Å². The van der Waals surface area contributed by atoms with Gasteiger partial charge in [-0.05, 0) is 30.5 Å². The molecule has 0 aromatic heterocycles. The zero-order valence-electron chi connectivity index (χ0n) is 16.1. The Hall–Kier alpha value is -3.30. The molecule has 29 heavy (non-hydrogen) atoms. The lowest BCUT2D eigenvalue weighted by atomic mass is 9.73. The summed E-state index contributed by atoms with van der Waals surface area (Å²) in [5.74, 6) is 5.53. The molecule has 3 N–H and O–H groups in total. The normalized spacial score (nSPS) is 14.9. The van der Waals surface area contributed by atoms with Crippen molar-refractivity contribution in [3.8, 4) is 17.6 Å². The number of amides is 2. The molecule has 150 valence electrons. The minimum atomic E-state index is -0.585. The van der Waals surface area contributed by atoms with E-state index in [9.17, 15) is 9.59 Å². The van der Waals surface area contributed by atoms with Gasteiger partial charge in [-0.15, -0.1) is 0 Å². The van der Waals surface area contributed by atoms with Crippen LogP contribution in [0.4, 0.5) is 0 Å². The largest absolute Gasteiger partial charge is 0.480 e. The summed E-state index contributed by atoms with van der Waals surface area (Å²) in [6, 6.07) is 16.5. The van der Waals surface area contributed by atoms with Crippen LogP contribution in [0.2, 0.25) is 0 Å². The van der Waals surface area contributed by atoms with E-state index in [4.69, 9.17) is 15.2 Å². The van der Waals surface area contributed by atoms with E-state index >= 15 is 0 Å². The number of carbonyl (C=O) groups is 2. The van der Waals surface area contributed by atoms with E-state index in [-0.39, 0.29) is 19.1 Å². The summed E-state index contributed by atoms with van der Waals surface area (Å²) in [6.07, 6.45) is 1.28. The molecule has 1 aliphatic heterocycles. The smallest absolute Gasteiger partial charge is 0.252 e. The van der Waals surface area contributed by atoms with Crippen molar-refractivity contribution in [3.05, 3.63) is 65.7 Å². The molecule has 0 aliphatic carbocycles. The zero-order chi connectivity index (χ0) is 20.5. The summed E-state index contributed by atoms with van der Waals surface area (Å²) in [7, 11) is 0. The lowest BCUT2D eigenvalue weighted by Crippen LogP contribution is -2.48. The van der Waals surface area contributed by atoms with Gasteiger partial charge in [-0.25, -0.2) is 0 Å². The summed E-state index contributed by atoms with van der Waals surface area (Å²) < 4.78 is 11.0. The predicted molar refractivity (Wildman–Crippen MR) is 109 cm³/mol. The molecule has 0 atom stereocenters. The van der Waals surface area contributed by atoms with Crippen LogP contribution in [0.15, 0.2) is 54.6 Å². The molecule has 2 amide bonds. The predicted octanol–water partition coefficient (Wildman–Crippen LogP) is 2.03. The highest BCUT2D eigenvalue weighted by atomic mass is 16.5. The quantitative estimate of drug-likeness (QED) is 0.736. The first kappa shape index (κ1) is 20.4. The fraction of sp³-hybridized carbons (Fsp3) is 0.304. The Morgan fingerprint density at radius 1 is 1.03 bits per heavy atom. The van der Waals surface area contributed by atoms with Crippen LogP contribution >= 0.6 is 0 Å². The molecular formula is C23H24N2O4. The van der Waals surface area contributed by atoms with E-state index in [2.05, 4.69) is 17.2 Å². The van der Waals surface area contributed by atoms with Crippen LogP contribution in [0, 0.1) is 11.8 Å². The van der Waals surface area contributed by atoms with E-state index in [0.717, 1.165) is 5.56 Å². The molecule has 2 aromatic carbocycles. The Labute approximate surface area is 170 Å². The lowest BCUT2D eigenvalue weighted by molar-refractivity contribution is -0.130. The van der Waals surface area contributed by atoms with Gasteiger partial charge in [0.05, 0.1) is 17.5 Å². The highest BCUT2D eigenvalue weighted by Gasteiger charge is 2.41. The second-order valence-electron chi connectivity index (χ2n) is 6.75. The number of nitrogens with two attached hydrogens (primary N) is 1. The summed E-state index contributed by atoms with van der Waals surface area (Å²) in [4.78, 5) is 24.4. The Morgan fingerprint density at radius 3 is 2.45 bits per heavy atom. The van der Waals surface area contributed by atoms with Gasteiger partial charge in [0.15, 0.2) is 0 Å². The van der Waals surface area contributed by atoms with Crippen LogP contribution in [-0.2, 0) is 14.9 Å². The SMILES string of the molecule is NC(=O)c1ccccc1OCC#CCNC(=O)C1(c2ccccc2)CCOCC1. The Bertz CT molecular complexity index is 909. The molecule has 0 radical (unpaired) electrons. The molecule has 0 saturated carbocycles. The number of benzene rings is 2. The first-order chi connectivity index (χ1) is 14.1. The van der Waals surface area contributed by atoms with Crippen molar-refractivity contribution in [2.45, 2.75) is 18.3 Å². The molecule has 2 aromatic rings. The van der Waals surface area contributed by atoms with Crippen LogP contribution in [0.5, 0.6) is 5.75 Å². The average molecular weight is 392 g/mol. The maximum absolute atomic E-state index is 13.0. The van der Waals surface area contributed by atoms with Gasteiger partial charge in [-0.1, -0.05) is 54.3 Å². The number of hydrogen-bond acceptors (Lipinski definition) is 4. The topological polar surface area (TPSA) is 90.7 Å². The van der Waals surface area contributed by atoms with Gasteiger partial charge in [-0.3, -0.25) is 9.59 Å². The molecule has 1 aliphatic rings. The molecule has 1 saturated heterocycles. The van der Waals surface area contributed by atoms with E-state index in [1.54, 1.807) is 24.3 Å². The first-order valence-corrected chi connectivity index (χ1v) is 9.52. The second kappa shape index (κ2) is 9.76. The van der Waals surface area contributed by atoms with Crippen molar-refractivity contribution < 1.29 is 19.1 Å². The third-order valence-electron chi connectivity index (χ3n) is 5.02. The number of primary amides is 1. The molecule has 1 fully saturated rings. The molecule has 0 unspecified atom stereocenters. The molecule has 0 spiro atoms. The third kappa shape index (κ3) is 4.95. The molecule has 6 nitrogen and oxygen atoms in total. The number of ether oxygens (including phenoxy) is 2. The third-order valence-corrected chi connectivity index (χ3v) is 5.02. The number of para-hydroxylation sites is 1. The number of rotatable bonds is 6. The maximum atomic E-state index is 13.0. The minimum Gasteiger partial charge on any atom is -0.480 e. The van der Waals surface area contributed by atoms with Crippen LogP contribution < -0.4 is 15.8 Å². The summed E-state index contributed by atoms with van der Waals surface area (Å²) >= 11 is 0. The van der Waals surface area contributed by atoms with Crippen molar-refractivity contribution in [3.63, 3.8) is 0 Å². The van der Waals surface area contributed by atoms with Gasteiger partial charge >= 0.3 is 0 Å². The second-order valence-corrected chi connectivity index (χ2v) is 6.75. The van der Waals surface area contributed by atoms with Crippen LogP contribution in [0.25, 0.3) is 0 Å². The highest BCUT2D eigenvalue weighted by Crippen LogP contribution is 2.35. The minimum absolute atomic E-state index is 0.0405. The number of nitrogens with one attached hydrogen (secondary N) is 1. The summed E-state index contributed by atoms with van der Waals surface area (Å²) in [5, 5.41) is 2.92. The average Bonchev–Trinajstić information content (AvgIpc) is 2.77.